The third-order valence-electron chi connectivity index (χ3n) is 6.76. The SMILES string of the molecule is Bc1c(B)c(B)c(-c2cc(C)nc(-c3cccc4c3oc3ccccc34)n2)c(B)c1B. The molecule has 8 heteroatoms. The molecular weight excluding hydrogens is 374 g/mol. The molecule has 0 bridgehead atoms. The molecule has 0 aliphatic heterocycles. The molecule has 0 radical (unpaired) electrons. The zero-order chi connectivity index (χ0) is 21.9. The molecule has 0 saturated heterocycles. The van der Waals surface area contributed by atoms with Crippen molar-refractivity contribution in [2.75, 3.05) is 0 Å². The summed E-state index contributed by atoms with van der Waals surface area (Å²) < 4.78 is 6.24. The summed E-state index contributed by atoms with van der Waals surface area (Å²) >= 11 is 0. The van der Waals surface area contributed by atoms with Crippen molar-refractivity contribution >= 4 is 88.5 Å². The van der Waals surface area contributed by atoms with Gasteiger partial charge in [-0.2, -0.15) is 0 Å². The van der Waals surface area contributed by atoms with Gasteiger partial charge in [0.1, 0.15) is 50.4 Å². The summed E-state index contributed by atoms with van der Waals surface area (Å²) in [7, 11) is 11.0. The Bertz CT molecular complexity index is 1480. The molecule has 144 valence electrons. The number of rotatable bonds is 2. The molecule has 0 aliphatic rings. The molecule has 0 spiro atoms. The molecule has 0 unspecified atom stereocenters. The first-order chi connectivity index (χ1) is 14.9. The van der Waals surface area contributed by atoms with Gasteiger partial charge in [-0.05, 0) is 30.7 Å². The van der Waals surface area contributed by atoms with E-state index in [2.05, 4.69) is 69.6 Å². The van der Waals surface area contributed by atoms with Crippen LogP contribution in [0.4, 0.5) is 0 Å². The van der Waals surface area contributed by atoms with Crippen LogP contribution in [0, 0.1) is 6.92 Å². The minimum Gasteiger partial charge on any atom is -0.455 e. The Balaban J connectivity index is 1.79. The van der Waals surface area contributed by atoms with E-state index in [1.807, 2.05) is 25.1 Å². The fourth-order valence-corrected chi connectivity index (χ4v) is 4.62. The van der Waals surface area contributed by atoms with E-state index in [0.29, 0.717) is 5.82 Å². The molecule has 5 rings (SSSR count). The second-order valence-electron chi connectivity index (χ2n) is 8.50. The van der Waals surface area contributed by atoms with Crippen molar-refractivity contribution < 1.29 is 4.42 Å². The molecule has 0 atom stereocenters. The number of benzene rings is 3. The van der Waals surface area contributed by atoms with Crippen LogP contribution in [0.2, 0.25) is 0 Å². The van der Waals surface area contributed by atoms with Gasteiger partial charge in [-0.15, -0.1) is 16.4 Å². The minimum absolute atomic E-state index is 0.703. The summed E-state index contributed by atoms with van der Waals surface area (Å²) in [6.45, 7) is 2.03. The minimum atomic E-state index is 0.703. The molecule has 0 aliphatic carbocycles. The lowest BCUT2D eigenvalue weighted by molar-refractivity contribution is 0.669. The maximum Gasteiger partial charge on any atom is 0.163 e. The molecule has 31 heavy (non-hydrogen) atoms. The highest BCUT2D eigenvalue weighted by atomic mass is 16.3. The molecule has 0 fully saturated rings. The van der Waals surface area contributed by atoms with Crippen LogP contribution in [0.1, 0.15) is 5.69 Å². The second-order valence-corrected chi connectivity index (χ2v) is 8.50. The molecule has 2 aromatic heterocycles. The summed E-state index contributed by atoms with van der Waals surface area (Å²) in [5.74, 6) is 0.703. The van der Waals surface area contributed by atoms with Gasteiger partial charge in [-0.1, -0.05) is 41.3 Å². The standard InChI is InChI=1S/C23H21B5N2O/c1-10-9-14(16-17(24)19(26)21(28)20(27)18(16)25)30-23(29-10)13-7-4-6-12-11-5-2-3-8-15(11)31-22(12)13/h2-9H,24-28H2,1H3. The van der Waals surface area contributed by atoms with Gasteiger partial charge in [-0.25, -0.2) is 9.97 Å². The van der Waals surface area contributed by atoms with Crippen molar-refractivity contribution in [3.05, 3.63) is 54.2 Å². The number of fused-ring (bicyclic) bond motifs is 3. The fraction of sp³-hybridized carbons (Fsp3) is 0.0435. The molecule has 3 aromatic carbocycles. The van der Waals surface area contributed by atoms with Crippen molar-refractivity contribution in [3.63, 3.8) is 0 Å². The molecule has 2 heterocycles. The van der Waals surface area contributed by atoms with Crippen LogP contribution in [0.25, 0.3) is 44.6 Å². The normalized spacial score (nSPS) is 11.4. The zero-order valence-electron chi connectivity index (χ0n) is 18.9. The lowest BCUT2D eigenvalue weighted by Gasteiger charge is -2.20. The van der Waals surface area contributed by atoms with Crippen LogP contribution in [-0.4, -0.2) is 49.2 Å². The molecule has 0 saturated carbocycles. The van der Waals surface area contributed by atoms with Crippen molar-refractivity contribution in [3.8, 4) is 22.6 Å². The van der Waals surface area contributed by atoms with Crippen LogP contribution in [-0.2, 0) is 0 Å². The maximum absolute atomic E-state index is 6.24. The predicted octanol–water partition coefficient (Wildman–Crippen LogP) is -2.69. The van der Waals surface area contributed by atoms with Crippen LogP contribution in [0.5, 0.6) is 0 Å². The van der Waals surface area contributed by atoms with Gasteiger partial charge in [-0.3, -0.25) is 0 Å². The first kappa shape index (κ1) is 19.8. The third kappa shape index (κ3) is 3.04. The van der Waals surface area contributed by atoms with Crippen molar-refractivity contribution in [2.24, 2.45) is 0 Å². The summed E-state index contributed by atoms with van der Waals surface area (Å²) in [4.78, 5) is 9.86. The highest BCUT2D eigenvalue weighted by Crippen LogP contribution is 2.34. The van der Waals surface area contributed by atoms with Crippen molar-refractivity contribution in [1.29, 1.82) is 0 Å². The largest absolute Gasteiger partial charge is 0.455 e. The molecule has 0 N–H and O–H groups in total. The predicted molar refractivity (Wildman–Crippen MR) is 146 cm³/mol. The summed E-state index contributed by atoms with van der Waals surface area (Å²) in [5.41, 5.74) is 12.4. The number of hydrogen-bond acceptors (Lipinski definition) is 3. The van der Waals surface area contributed by atoms with E-state index in [-0.39, 0.29) is 0 Å². The van der Waals surface area contributed by atoms with E-state index in [1.165, 1.54) is 32.9 Å². The average molecular weight is 395 g/mol. The van der Waals surface area contributed by atoms with Crippen molar-refractivity contribution in [1.82, 2.24) is 9.97 Å². The number of furan rings is 1. The number of nitrogens with zero attached hydrogens (tertiary/aromatic N) is 2. The number of aromatic nitrogens is 2. The van der Waals surface area contributed by atoms with Gasteiger partial charge in [0.05, 0.1) is 11.3 Å². The van der Waals surface area contributed by atoms with Gasteiger partial charge >= 0.3 is 0 Å². The smallest absolute Gasteiger partial charge is 0.163 e. The Morgan fingerprint density at radius 3 is 2.10 bits per heavy atom. The zero-order valence-corrected chi connectivity index (χ0v) is 18.9. The van der Waals surface area contributed by atoms with Crippen LogP contribution in [0.3, 0.4) is 0 Å². The van der Waals surface area contributed by atoms with E-state index in [4.69, 9.17) is 14.4 Å². The average Bonchev–Trinajstić information content (AvgIpc) is 3.15. The topological polar surface area (TPSA) is 38.9 Å². The number of para-hydroxylation sites is 2. The summed E-state index contributed by atoms with van der Waals surface area (Å²) in [5, 5.41) is 2.21. The Morgan fingerprint density at radius 1 is 0.710 bits per heavy atom. The Morgan fingerprint density at radius 2 is 1.35 bits per heavy atom. The first-order valence-electron chi connectivity index (χ1n) is 10.7. The third-order valence-corrected chi connectivity index (χ3v) is 6.76. The molecular formula is C23H21B5N2O. The van der Waals surface area contributed by atoms with Gasteiger partial charge in [0.15, 0.2) is 5.82 Å². The number of aryl methyl sites for hydroxylation is 1. The van der Waals surface area contributed by atoms with E-state index in [9.17, 15) is 0 Å². The van der Waals surface area contributed by atoms with Crippen LogP contribution >= 0.6 is 0 Å². The van der Waals surface area contributed by atoms with E-state index in [1.54, 1.807) is 0 Å². The summed E-state index contributed by atoms with van der Waals surface area (Å²) in [6.07, 6.45) is 0. The highest BCUT2D eigenvalue weighted by molar-refractivity contribution is 6.68. The molecule has 3 nitrogen and oxygen atoms in total. The highest BCUT2D eigenvalue weighted by Gasteiger charge is 2.18. The van der Waals surface area contributed by atoms with Gasteiger partial charge in [0, 0.05) is 16.5 Å². The van der Waals surface area contributed by atoms with Crippen LogP contribution in [0.15, 0.2) is 52.9 Å². The van der Waals surface area contributed by atoms with Gasteiger partial charge in [0.2, 0.25) is 0 Å². The second kappa shape index (κ2) is 7.23. The Hall–Kier alpha value is -3.14. The van der Waals surface area contributed by atoms with Crippen LogP contribution < -0.4 is 27.3 Å². The van der Waals surface area contributed by atoms with Gasteiger partial charge < -0.3 is 4.42 Å². The molecule has 5 aromatic rings. The first-order valence-corrected chi connectivity index (χ1v) is 10.7. The van der Waals surface area contributed by atoms with E-state index >= 15 is 0 Å². The lowest BCUT2D eigenvalue weighted by atomic mass is 9.60. The Labute approximate surface area is 186 Å². The molecule has 0 amide bonds. The lowest BCUT2D eigenvalue weighted by Crippen LogP contribution is -2.55. The van der Waals surface area contributed by atoms with Gasteiger partial charge in [0.25, 0.3) is 0 Å². The monoisotopic (exact) mass is 396 g/mol. The number of hydrogen-bond donors (Lipinski definition) is 0. The van der Waals surface area contributed by atoms with E-state index in [0.717, 1.165) is 38.9 Å². The summed E-state index contributed by atoms with van der Waals surface area (Å²) in [6, 6.07) is 16.4. The quantitative estimate of drug-likeness (QED) is 0.306. The van der Waals surface area contributed by atoms with E-state index < -0.39 is 0 Å². The van der Waals surface area contributed by atoms with Crippen molar-refractivity contribution in [2.45, 2.75) is 6.92 Å². The Kier molecular flexibility index (Phi) is 4.62. The fourth-order valence-electron chi connectivity index (χ4n) is 4.62. The maximum atomic E-state index is 6.24.